The molecule has 0 aromatic carbocycles. The fourth-order valence-electron chi connectivity index (χ4n) is 4.11. The summed E-state index contributed by atoms with van der Waals surface area (Å²) >= 11 is 0. The lowest BCUT2D eigenvalue weighted by atomic mass is 10.3. The first-order chi connectivity index (χ1) is 14.5. The van der Waals surface area contributed by atoms with E-state index in [1.54, 1.807) is 12.4 Å². The number of likely N-dealkylation sites (tertiary alicyclic amines) is 1. The summed E-state index contributed by atoms with van der Waals surface area (Å²) in [6, 6.07) is 0. The molecule has 3 unspecified atom stereocenters. The molecule has 30 heavy (non-hydrogen) atoms. The van der Waals surface area contributed by atoms with Crippen LogP contribution in [0, 0.1) is 18.8 Å². The number of imidazole rings is 1. The predicted molar refractivity (Wildman–Crippen MR) is 110 cm³/mol. The Bertz CT molecular complexity index is 1090. The lowest BCUT2D eigenvalue weighted by Gasteiger charge is -2.17. The molecule has 1 aliphatic carbocycles. The van der Waals surface area contributed by atoms with E-state index in [1.807, 2.05) is 23.3 Å². The van der Waals surface area contributed by atoms with Crippen molar-refractivity contribution >= 4 is 17.1 Å². The van der Waals surface area contributed by atoms with Gasteiger partial charge in [0.25, 0.3) is 0 Å². The van der Waals surface area contributed by atoms with E-state index in [-0.39, 0.29) is 17.9 Å². The number of aryl methyl sites for hydroxylation is 2. The van der Waals surface area contributed by atoms with Gasteiger partial charge in [0.2, 0.25) is 11.8 Å². The highest BCUT2D eigenvalue weighted by atomic mass is 16.5. The molecular weight excluding hydrogens is 382 g/mol. The molecule has 5 rings (SSSR count). The van der Waals surface area contributed by atoms with E-state index in [1.165, 1.54) is 6.33 Å². The second kappa shape index (κ2) is 7.30. The Hall–Kier alpha value is -3.10. The molecule has 0 N–H and O–H groups in total. The molecule has 0 radical (unpaired) electrons. The quantitative estimate of drug-likeness (QED) is 0.639. The number of aromatic nitrogens is 6. The smallest absolute Gasteiger partial charge is 0.245 e. The maximum absolute atomic E-state index is 12.5. The lowest BCUT2D eigenvalue weighted by Crippen LogP contribution is -2.32. The van der Waals surface area contributed by atoms with Crippen molar-refractivity contribution < 1.29 is 9.53 Å². The van der Waals surface area contributed by atoms with E-state index in [0.717, 1.165) is 36.4 Å². The number of carbonyl (C=O) groups is 1. The summed E-state index contributed by atoms with van der Waals surface area (Å²) in [6.45, 7) is 8.05. The Labute approximate surface area is 174 Å². The molecule has 1 saturated carbocycles. The summed E-state index contributed by atoms with van der Waals surface area (Å²) in [5.41, 5.74) is 2.16. The summed E-state index contributed by atoms with van der Waals surface area (Å²) in [7, 11) is 0. The first-order valence-electron chi connectivity index (χ1n) is 10.5. The Morgan fingerprint density at radius 3 is 2.70 bits per heavy atom. The van der Waals surface area contributed by atoms with Crippen molar-refractivity contribution in [2.75, 3.05) is 13.1 Å². The molecule has 156 valence electrons. The van der Waals surface area contributed by atoms with Gasteiger partial charge in [0, 0.05) is 37.8 Å². The zero-order valence-corrected chi connectivity index (χ0v) is 17.4. The SMILES string of the molecule is CCn1c(-c2cnc(C)nc2)nc2c(OC3CCN(C(=O)C4CC4C)C3)ncnc21. The summed E-state index contributed by atoms with van der Waals surface area (Å²) < 4.78 is 8.22. The van der Waals surface area contributed by atoms with E-state index in [9.17, 15) is 4.79 Å². The molecule has 1 aliphatic heterocycles. The minimum absolute atomic E-state index is 0.0842. The number of fused-ring (bicyclic) bond motifs is 1. The van der Waals surface area contributed by atoms with E-state index < -0.39 is 0 Å². The van der Waals surface area contributed by atoms with E-state index in [0.29, 0.717) is 36.2 Å². The van der Waals surface area contributed by atoms with Gasteiger partial charge in [-0.2, -0.15) is 4.98 Å². The molecule has 3 atom stereocenters. The summed E-state index contributed by atoms with van der Waals surface area (Å²) in [5, 5.41) is 0. The maximum atomic E-state index is 12.5. The summed E-state index contributed by atoms with van der Waals surface area (Å²) in [5.74, 6) is 2.89. The molecular formula is C21H25N7O2. The van der Waals surface area contributed by atoms with Crippen LogP contribution < -0.4 is 4.74 Å². The number of carbonyl (C=O) groups excluding carboxylic acids is 1. The normalized spacial score (nSPS) is 23.2. The average Bonchev–Trinajstić information content (AvgIpc) is 3.14. The molecule has 2 aliphatic rings. The van der Waals surface area contributed by atoms with Gasteiger partial charge in [-0.15, -0.1) is 0 Å². The molecule has 9 heteroatoms. The van der Waals surface area contributed by atoms with Gasteiger partial charge in [-0.3, -0.25) is 4.79 Å². The van der Waals surface area contributed by atoms with Gasteiger partial charge in [-0.05, 0) is 26.2 Å². The summed E-state index contributed by atoms with van der Waals surface area (Å²) in [4.78, 5) is 36.6. The molecule has 1 saturated heterocycles. The first-order valence-corrected chi connectivity index (χ1v) is 10.5. The van der Waals surface area contributed by atoms with Crippen molar-refractivity contribution in [3.05, 3.63) is 24.5 Å². The molecule has 3 aromatic rings. The first kappa shape index (κ1) is 18.9. The van der Waals surface area contributed by atoms with Crippen molar-refractivity contribution in [2.45, 2.75) is 46.3 Å². The zero-order valence-electron chi connectivity index (χ0n) is 17.4. The minimum atomic E-state index is -0.0842. The van der Waals surface area contributed by atoms with Crippen LogP contribution in [0.5, 0.6) is 5.88 Å². The van der Waals surface area contributed by atoms with E-state index in [4.69, 9.17) is 9.72 Å². The van der Waals surface area contributed by atoms with Gasteiger partial charge in [-0.25, -0.2) is 19.9 Å². The van der Waals surface area contributed by atoms with Gasteiger partial charge < -0.3 is 14.2 Å². The van der Waals surface area contributed by atoms with Gasteiger partial charge in [0.05, 0.1) is 12.1 Å². The molecule has 3 aromatic heterocycles. The van der Waals surface area contributed by atoms with Crippen molar-refractivity contribution in [1.29, 1.82) is 0 Å². The van der Waals surface area contributed by atoms with Gasteiger partial charge in [-0.1, -0.05) is 6.92 Å². The average molecular weight is 407 g/mol. The zero-order chi connectivity index (χ0) is 20.8. The highest BCUT2D eigenvalue weighted by Gasteiger charge is 2.43. The number of rotatable bonds is 5. The molecule has 1 amide bonds. The third kappa shape index (κ3) is 3.28. The van der Waals surface area contributed by atoms with E-state index >= 15 is 0 Å². The lowest BCUT2D eigenvalue weighted by molar-refractivity contribution is -0.132. The van der Waals surface area contributed by atoms with Crippen LogP contribution in [0.25, 0.3) is 22.6 Å². The molecule has 0 bridgehead atoms. The molecule has 4 heterocycles. The van der Waals surface area contributed by atoms with Gasteiger partial charge in [0.1, 0.15) is 24.1 Å². The molecule has 2 fully saturated rings. The highest BCUT2D eigenvalue weighted by molar-refractivity contribution is 5.82. The van der Waals surface area contributed by atoms with Gasteiger partial charge >= 0.3 is 0 Å². The second-order valence-electron chi connectivity index (χ2n) is 8.18. The van der Waals surface area contributed by atoms with Crippen LogP contribution in [0.3, 0.4) is 0 Å². The number of amides is 1. The van der Waals surface area contributed by atoms with Crippen LogP contribution in [-0.2, 0) is 11.3 Å². The van der Waals surface area contributed by atoms with Crippen LogP contribution in [0.15, 0.2) is 18.7 Å². The molecule has 9 nitrogen and oxygen atoms in total. The van der Waals surface area contributed by atoms with Crippen LogP contribution >= 0.6 is 0 Å². The minimum Gasteiger partial charge on any atom is -0.471 e. The number of nitrogens with zero attached hydrogens (tertiary/aromatic N) is 7. The third-order valence-electron chi connectivity index (χ3n) is 6.02. The summed E-state index contributed by atoms with van der Waals surface area (Å²) in [6.07, 6.45) is 6.76. The number of hydrogen-bond acceptors (Lipinski definition) is 7. The van der Waals surface area contributed by atoms with Crippen LogP contribution in [0.1, 0.15) is 32.5 Å². The van der Waals surface area contributed by atoms with Crippen molar-refractivity contribution in [2.24, 2.45) is 11.8 Å². The predicted octanol–water partition coefficient (Wildman–Crippen LogP) is 2.25. The second-order valence-corrected chi connectivity index (χ2v) is 8.18. The van der Waals surface area contributed by atoms with Crippen LogP contribution in [0.2, 0.25) is 0 Å². The van der Waals surface area contributed by atoms with E-state index in [2.05, 4.69) is 26.9 Å². The number of hydrogen-bond donors (Lipinski definition) is 0. The van der Waals surface area contributed by atoms with Crippen LogP contribution in [-0.4, -0.2) is 59.5 Å². The fourth-order valence-corrected chi connectivity index (χ4v) is 4.11. The fraction of sp³-hybridized carbons (Fsp3) is 0.524. The number of ether oxygens (including phenoxy) is 1. The topological polar surface area (TPSA) is 98.9 Å². The maximum Gasteiger partial charge on any atom is 0.245 e. The highest BCUT2D eigenvalue weighted by Crippen LogP contribution is 2.40. The Morgan fingerprint density at radius 1 is 1.23 bits per heavy atom. The van der Waals surface area contributed by atoms with Gasteiger partial charge in [0.15, 0.2) is 11.2 Å². The van der Waals surface area contributed by atoms with Crippen LogP contribution in [0.4, 0.5) is 0 Å². The Kier molecular flexibility index (Phi) is 4.60. The largest absolute Gasteiger partial charge is 0.471 e. The van der Waals surface area contributed by atoms with Crippen molar-refractivity contribution in [3.63, 3.8) is 0 Å². The van der Waals surface area contributed by atoms with Crippen molar-refractivity contribution in [3.8, 4) is 17.3 Å². The monoisotopic (exact) mass is 407 g/mol. The van der Waals surface area contributed by atoms with Crippen molar-refractivity contribution in [1.82, 2.24) is 34.4 Å². The third-order valence-corrected chi connectivity index (χ3v) is 6.02. The Balaban J connectivity index is 1.41. The molecule has 0 spiro atoms. The standard InChI is InChI=1S/C21H25N7O2/c1-4-28-18(14-8-22-13(3)23-9-14)26-17-19(28)24-11-25-20(17)30-15-5-6-27(10-15)21(29)16-7-12(16)2/h8-9,11-12,15-16H,4-7,10H2,1-3H3. The Morgan fingerprint density at radius 2 is 2.00 bits per heavy atom.